The van der Waals surface area contributed by atoms with Crippen LogP contribution in [0.1, 0.15) is 22.5 Å². The third-order valence-electron chi connectivity index (χ3n) is 3.32. The SMILES string of the molecule is Cc1ccc(C)c(-c2c(C)nn(C)c2CC(=O)O)c1. The molecule has 0 aliphatic carbocycles. The first-order valence-corrected chi connectivity index (χ1v) is 6.22. The molecule has 1 aromatic carbocycles. The van der Waals surface area contributed by atoms with E-state index in [2.05, 4.69) is 23.3 Å². The predicted molar refractivity (Wildman–Crippen MR) is 74.2 cm³/mol. The van der Waals surface area contributed by atoms with E-state index in [1.807, 2.05) is 20.8 Å². The van der Waals surface area contributed by atoms with Gasteiger partial charge >= 0.3 is 5.97 Å². The number of carboxylic acids is 1. The fourth-order valence-electron chi connectivity index (χ4n) is 2.41. The molecule has 0 unspecified atom stereocenters. The van der Waals surface area contributed by atoms with Gasteiger partial charge in [-0.1, -0.05) is 23.8 Å². The predicted octanol–water partition coefficient (Wildman–Crippen LogP) is 2.64. The lowest BCUT2D eigenvalue weighted by Crippen LogP contribution is -2.07. The van der Waals surface area contributed by atoms with Gasteiger partial charge in [-0.2, -0.15) is 5.10 Å². The second-order valence-electron chi connectivity index (χ2n) is 4.92. The average molecular weight is 258 g/mol. The molecule has 4 heteroatoms. The van der Waals surface area contributed by atoms with Gasteiger partial charge < -0.3 is 5.11 Å². The number of aromatic nitrogens is 2. The maximum absolute atomic E-state index is 11.0. The molecule has 0 saturated carbocycles. The number of nitrogens with zero attached hydrogens (tertiary/aromatic N) is 2. The van der Waals surface area contributed by atoms with Crippen molar-refractivity contribution >= 4 is 5.97 Å². The Labute approximate surface area is 112 Å². The second-order valence-corrected chi connectivity index (χ2v) is 4.92. The highest BCUT2D eigenvalue weighted by Crippen LogP contribution is 2.30. The summed E-state index contributed by atoms with van der Waals surface area (Å²) in [5.74, 6) is -0.838. The van der Waals surface area contributed by atoms with Gasteiger partial charge in [-0.15, -0.1) is 0 Å². The van der Waals surface area contributed by atoms with Crippen LogP contribution in [0.15, 0.2) is 18.2 Å². The summed E-state index contributed by atoms with van der Waals surface area (Å²) >= 11 is 0. The van der Waals surface area contributed by atoms with Gasteiger partial charge in [-0.05, 0) is 31.9 Å². The van der Waals surface area contributed by atoms with Crippen molar-refractivity contribution in [1.29, 1.82) is 0 Å². The Morgan fingerprint density at radius 3 is 2.63 bits per heavy atom. The summed E-state index contributed by atoms with van der Waals surface area (Å²) < 4.78 is 1.67. The Morgan fingerprint density at radius 1 is 1.32 bits per heavy atom. The monoisotopic (exact) mass is 258 g/mol. The first-order valence-electron chi connectivity index (χ1n) is 6.22. The number of carbonyl (C=O) groups is 1. The molecule has 1 heterocycles. The molecule has 0 saturated heterocycles. The van der Waals surface area contributed by atoms with Crippen molar-refractivity contribution < 1.29 is 9.90 Å². The number of benzene rings is 1. The zero-order valence-electron chi connectivity index (χ0n) is 11.7. The van der Waals surface area contributed by atoms with E-state index in [9.17, 15) is 4.79 Å². The van der Waals surface area contributed by atoms with Crippen molar-refractivity contribution in [3.8, 4) is 11.1 Å². The molecule has 0 spiro atoms. The number of aryl methyl sites for hydroxylation is 4. The molecule has 2 aromatic rings. The van der Waals surface area contributed by atoms with Crippen molar-refractivity contribution in [1.82, 2.24) is 9.78 Å². The van der Waals surface area contributed by atoms with E-state index in [4.69, 9.17) is 5.11 Å². The molecule has 19 heavy (non-hydrogen) atoms. The van der Waals surface area contributed by atoms with Crippen LogP contribution in [0.4, 0.5) is 0 Å². The van der Waals surface area contributed by atoms with Crippen LogP contribution in [0.5, 0.6) is 0 Å². The van der Waals surface area contributed by atoms with E-state index in [1.54, 1.807) is 11.7 Å². The molecule has 0 fully saturated rings. The van der Waals surface area contributed by atoms with Gasteiger partial charge in [0.15, 0.2) is 0 Å². The first kappa shape index (κ1) is 13.3. The van der Waals surface area contributed by atoms with E-state index in [0.717, 1.165) is 33.6 Å². The van der Waals surface area contributed by atoms with Crippen molar-refractivity contribution in [2.24, 2.45) is 7.05 Å². The number of aliphatic carboxylic acids is 1. The smallest absolute Gasteiger partial charge is 0.309 e. The lowest BCUT2D eigenvalue weighted by atomic mass is 9.96. The highest BCUT2D eigenvalue weighted by atomic mass is 16.4. The molecule has 100 valence electrons. The molecule has 2 rings (SSSR count). The molecule has 1 N–H and O–H groups in total. The van der Waals surface area contributed by atoms with E-state index in [1.165, 1.54) is 0 Å². The molecule has 0 aliphatic heterocycles. The third kappa shape index (κ3) is 2.52. The van der Waals surface area contributed by atoms with Gasteiger partial charge in [-0.3, -0.25) is 9.48 Å². The van der Waals surface area contributed by atoms with E-state index >= 15 is 0 Å². The van der Waals surface area contributed by atoms with Crippen LogP contribution in [0.25, 0.3) is 11.1 Å². The molecular weight excluding hydrogens is 240 g/mol. The number of carboxylic acid groups (broad SMARTS) is 1. The lowest BCUT2D eigenvalue weighted by molar-refractivity contribution is -0.136. The summed E-state index contributed by atoms with van der Waals surface area (Å²) in [6.07, 6.45) is -0.0138. The summed E-state index contributed by atoms with van der Waals surface area (Å²) in [7, 11) is 1.79. The number of hydrogen-bond donors (Lipinski definition) is 1. The van der Waals surface area contributed by atoms with Crippen LogP contribution >= 0.6 is 0 Å². The molecule has 0 radical (unpaired) electrons. The summed E-state index contributed by atoms with van der Waals surface area (Å²) in [5.41, 5.74) is 5.93. The van der Waals surface area contributed by atoms with Crippen LogP contribution in [0.2, 0.25) is 0 Å². The van der Waals surface area contributed by atoms with Crippen LogP contribution < -0.4 is 0 Å². The Hall–Kier alpha value is -2.10. The van der Waals surface area contributed by atoms with Crippen LogP contribution in [0.3, 0.4) is 0 Å². The van der Waals surface area contributed by atoms with Gasteiger partial charge in [0.25, 0.3) is 0 Å². The largest absolute Gasteiger partial charge is 0.481 e. The molecule has 0 aliphatic rings. The average Bonchev–Trinajstić information content (AvgIpc) is 2.57. The van der Waals surface area contributed by atoms with E-state index < -0.39 is 5.97 Å². The quantitative estimate of drug-likeness (QED) is 0.920. The minimum absolute atomic E-state index is 0.0138. The van der Waals surface area contributed by atoms with Gasteiger partial charge in [0.05, 0.1) is 17.8 Å². The summed E-state index contributed by atoms with van der Waals surface area (Å²) in [6, 6.07) is 6.20. The highest BCUT2D eigenvalue weighted by Gasteiger charge is 2.18. The standard InChI is InChI=1S/C15H18N2O2/c1-9-5-6-10(2)12(7-9)15-11(3)16-17(4)13(15)8-14(18)19/h5-7H,8H2,1-4H3,(H,18,19). The van der Waals surface area contributed by atoms with E-state index in [0.29, 0.717) is 0 Å². The van der Waals surface area contributed by atoms with Crippen molar-refractivity contribution in [3.05, 3.63) is 40.7 Å². The topological polar surface area (TPSA) is 55.1 Å². The molecule has 0 bridgehead atoms. The van der Waals surface area contributed by atoms with Gasteiger partial charge in [0.2, 0.25) is 0 Å². The normalized spacial score (nSPS) is 10.7. The molecule has 4 nitrogen and oxygen atoms in total. The summed E-state index contributed by atoms with van der Waals surface area (Å²) in [5, 5.41) is 13.4. The van der Waals surface area contributed by atoms with Gasteiger partial charge in [0.1, 0.15) is 0 Å². The van der Waals surface area contributed by atoms with Crippen LogP contribution in [-0.4, -0.2) is 20.9 Å². The Morgan fingerprint density at radius 2 is 2.00 bits per heavy atom. The van der Waals surface area contributed by atoms with Gasteiger partial charge in [-0.25, -0.2) is 0 Å². The Kier molecular flexibility index (Phi) is 3.42. The number of rotatable bonds is 3. The zero-order chi connectivity index (χ0) is 14.2. The molecule has 0 atom stereocenters. The summed E-state index contributed by atoms with van der Waals surface area (Å²) in [6.45, 7) is 5.99. The third-order valence-corrected chi connectivity index (χ3v) is 3.32. The maximum atomic E-state index is 11.0. The summed E-state index contributed by atoms with van der Waals surface area (Å²) in [4.78, 5) is 11.0. The Balaban J connectivity index is 2.67. The maximum Gasteiger partial charge on any atom is 0.309 e. The first-order chi connectivity index (χ1) is 8.90. The fourth-order valence-corrected chi connectivity index (χ4v) is 2.41. The minimum atomic E-state index is -0.838. The van der Waals surface area contributed by atoms with Crippen molar-refractivity contribution in [2.45, 2.75) is 27.2 Å². The minimum Gasteiger partial charge on any atom is -0.481 e. The fraction of sp³-hybridized carbons (Fsp3) is 0.333. The highest BCUT2D eigenvalue weighted by molar-refractivity contribution is 5.78. The number of hydrogen-bond acceptors (Lipinski definition) is 2. The molecule has 0 amide bonds. The van der Waals surface area contributed by atoms with Crippen LogP contribution in [-0.2, 0) is 18.3 Å². The second kappa shape index (κ2) is 4.88. The molecule has 1 aromatic heterocycles. The zero-order valence-corrected chi connectivity index (χ0v) is 11.7. The van der Waals surface area contributed by atoms with Crippen LogP contribution in [0, 0.1) is 20.8 Å². The lowest BCUT2D eigenvalue weighted by Gasteiger charge is -2.09. The van der Waals surface area contributed by atoms with Gasteiger partial charge in [0, 0.05) is 12.6 Å². The Bertz CT molecular complexity index is 642. The van der Waals surface area contributed by atoms with Crippen molar-refractivity contribution in [2.75, 3.05) is 0 Å². The van der Waals surface area contributed by atoms with Crippen molar-refractivity contribution in [3.63, 3.8) is 0 Å². The molecular formula is C15H18N2O2. The van der Waals surface area contributed by atoms with E-state index in [-0.39, 0.29) is 6.42 Å².